The molecule has 4 nitrogen and oxygen atoms in total. The average Bonchev–Trinajstić information content (AvgIpc) is 2.55. The summed E-state index contributed by atoms with van der Waals surface area (Å²) >= 11 is 12.0. The van der Waals surface area contributed by atoms with Crippen LogP contribution >= 0.6 is 23.2 Å². The lowest BCUT2D eigenvalue weighted by molar-refractivity contribution is -0.122. The smallest absolute Gasteiger partial charge is 0.335 e. The van der Waals surface area contributed by atoms with Gasteiger partial charge in [0.25, 0.3) is 0 Å². The van der Waals surface area contributed by atoms with Crippen LogP contribution in [0.5, 0.6) is 0 Å². The highest BCUT2D eigenvalue weighted by Crippen LogP contribution is 2.28. The van der Waals surface area contributed by atoms with E-state index in [2.05, 4.69) is 5.32 Å². The standard InChI is InChI=1S/C19H19Cl2NO3/c1-19(2,13-8-9-15(20)16(21)11-13)22-17(23)10-7-12-5-3-4-6-14(12)18(24)25/h3-6,8-9,11H,7,10H2,1-2H3,(H,22,23)(H,24,25). The van der Waals surface area contributed by atoms with Crippen LogP contribution in [0.1, 0.15) is 41.8 Å². The Bertz CT molecular complexity index is 803. The summed E-state index contributed by atoms with van der Waals surface area (Å²) in [5, 5.41) is 13.0. The van der Waals surface area contributed by atoms with E-state index in [1.165, 1.54) is 6.07 Å². The summed E-state index contributed by atoms with van der Waals surface area (Å²) in [7, 11) is 0. The fourth-order valence-corrected chi connectivity index (χ4v) is 2.86. The third-order valence-electron chi connectivity index (χ3n) is 3.96. The van der Waals surface area contributed by atoms with Crippen molar-refractivity contribution in [3.05, 3.63) is 69.2 Å². The van der Waals surface area contributed by atoms with Gasteiger partial charge in [-0.15, -0.1) is 0 Å². The van der Waals surface area contributed by atoms with E-state index in [0.29, 0.717) is 22.0 Å². The number of hydrogen-bond acceptors (Lipinski definition) is 2. The molecule has 0 radical (unpaired) electrons. The molecule has 132 valence electrons. The Balaban J connectivity index is 2.04. The Morgan fingerprint density at radius 1 is 1.08 bits per heavy atom. The zero-order valence-electron chi connectivity index (χ0n) is 14.0. The molecular formula is C19H19Cl2NO3. The highest BCUT2D eigenvalue weighted by Gasteiger charge is 2.23. The van der Waals surface area contributed by atoms with Crippen molar-refractivity contribution in [3.63, 3.8) is 0 Å². The van der Waals surface area contributed by atoms with E-state index in [1.54, 1.807) is 30.3 Å². The summed E-state index contributed by atoms with van der Waals surface area (Å²) < 4.78 is 0. The quantitative estimate of drug-likeness (QED) is 0.765. The Morgan fingerprint density at radius 2 is 1.76 bits per heavy atom. The minimum Gasteiger partial charge on any atom is -0.478 e. The van der Waals surface area contributed by atoms with Crippen LogP contribution in [-0.2, 0) is 16.8 Å². The summed E-state index contributed by atoms with van der Waals surface area (Å²) in [6, 6.07) is 11.9. The van der Waals surface area contributed by atoms with Gasteiger partial charge in [-0.2, -0.15) is 0 Å². The Morgan fingerprint density at radius 3 is 2.40 bits per heavy atom. The molecule has 6 heteroatoms. The maximum absolute atomic E-state index is 12.3. The van der Waals surface area contributed by atoms with E-state index in [0.717, 1.165) is 5.56 Å². The van der Waals surface area contributed by atoms with Crippen LogP contribution in [0.4, 0.5) is 0 Å². The summed E-state index contributed by atoms with van der Waals surface area (Å²) in [5.74, 6) is -1.16. The molecule has 2 aromatic carbocycles. The molecule has 2 aromatic rings. The van der Waals surface area contributed by atoms with E-state index < -0.39 is 11.5 Å². The second-order valence-electron chi connectivity index (χ2n) is 6.26. The van der Waals surface area contributed by atoms with E-state index in [9.17, 15) is 14.7 Å². The van der Waals surface area contributed by atoms with Gasteiger partial charge in [-0.05, 0) is 49.6 Å². The maximum atomic E-state index is 12.3. The molecule has 0 aliphatic rings. The molecule has 0 fully saturated rings. The largest absolute Gasteiger partial charge is 0.478 e. The zero-order valence-corrected chi connectivity index (χ0v) is 15.5. The molecule has 0 aromatic heterocycles. The highest BCUT2D eigenvalue weighted by atomic mass is 35.5. The van der Waals surface area contributed by atoms with Gasteiger partial charge in [0.15, 0.2) is 0 Å². The SMILES string of the molecule is CC(C)(NC(=O)CCc1ccccc1C(=O)O)c1ccc(Cl)c(Cl)c1. The topological polar surface area (TPSA) is 66.4 Å². The Hall–Kier alpha value is -2.04. The molecular weight excluding hydrogens is 361 g/mol. The summed E-state index contributed by atoms with van der Waals surface area (Å²) in [4.78, 5) is 23.5. The van der Waals surface area contributed by atoms with Crippen LogP contribution in [0.2, 0.25) is 10.0 Å². The van der Waals surface area contributed by atoms with Crippen LogP contribution in [0, 0.1) is 0 Å². The predicted molar refractivity (Wildman–Crippen MR) is 99.4 cm³/mol. The fourth-order valence-electron chi connectivity index (χ4n) is 2.56. The summed E-state index contributed by atoms with van der Waals surface area (Å²) in [5.41, 5.74) is 1.06. The summed E-state index contributed by atoms with van der Waals surface area (Å²) in [6.45, 7) is 3.74. The zero-order chi connectivity index (χ0) is 18.6. The van der Waals surface area contributed by atoms with Gasteiger partial charge in [0.05, 0.1) is 21.1 Å². The van der Waals surface area contributed by atoms with Crippen molar-refractivity contribution in [2.45, 2.75) is 32.2 Å². The molecule has 0 atom stereocenters. The minimum atomic E-state index is -0.993. The van der Waals surface area contributed by atoms with Gasteiger partial charge in [0.1, 0.15) is 0 Å². The van der Waals surface area contributed by atoms with E-state index >= 15 is 0 Å². The molecule has 0 unspecified atom stereocenters. The number of rotatable bonds is 6. The molecule has 2 N–H and O–H groups in total. The average molecular weight is 380 g/mol. The number of carbonyl (C=O) groups excluding carboxylic acids is 1. The normalized spacial score (nSPS) is 11.2. The van der Waals surface area contributed by atoms with Crippen LogP contribution in [0.25, 0.3) is 0 Å². The molecule has 1 amide bonds. The van der Waals surface area contributed by atoms with Gasteiger partial charge in [0.2, 0.25) is 5.91 Å². The first-order valence-electron chi connectivity index (χ1n) is 7.78. The number of nitrogens with one attached hydrogen (secondary N) is 1. The Labute approximate surface area is 156 Å². The molecule has 2 rings (SSSR count). The van der Waals surface area contributed by atoms with Gasteiger partial charge in [-0.25, -0.2) is 4.79 Å². The van der Waals surface area contributed by atoms with Crippen molar-refractivity contribution in [1.29, 1.82) is 0 Å². The molecule has 0 saturated heterocycles. The van der Waals surface area contributed by atoms with E-state index in [4.69, 9.17) is 23.2 Å². The number of carboxylic acids is 1. The van der Waals surface area contributed by atoms with Crippen molar-refractivity contribution < 1.29 is 14.7 Å². The number of aromatic carboxylic acids is 1. The lowest BCUT2D eigenvalue weighted by atomic mass is 9.93. The first kappa shape index (κ1) is 19.3. The fraction of sp³-hybridized carbons (Fsp3) is 0.263. The van der Waals surface area contributed by atoms with Crippen molar-refractivity contribution in [2.24, 2.45) is 0 Å². The van der Waals surface area contributed by atoms with Gasteiger partial charge < -0.3 is 10.4 Å². The maximum Gasteiger partial charge on any atom is 0.335 e. The minimum absolute atomic E-state index is 0.170. The number of hydrogen-bond donors (Lipinski definition) is 2. The molecule has 0 bridgehead atoms. The van der Waals surface area contributed by atoms with Gasteiger partial charge in [-0.3, -0.25) is 4.79 Å². The molecule has 0 saturated carbocycles. The van der Waals surface area contributed by atoms with Crippen molar-refractivity contribution >= 4 is 35.1 Å². The van der Waals surface area contributed by atoms with Crippen LogP contribution in [-0.4, -0.2) is 17.0 Å². The first-order valence-corrected chi connectivity index (χ1v) is 8.54. The van der Waals surface area contributed by atoms with Crippen molar-refractivity contribution in [3.8, 4) is 0 Å². The lowest BCUT2D eigenvalue weighted by Gasteiger charge is -2.27. The first-order chi connectivity index (χ1) is 11.7. The number of aryl methyl sites for hydroxylation is 1. The molecule has 25 heavy (non-hydrogen) atoms. The Kier molecular flexibility index (Phi) is 6.09. The molecule has 0 heterocycles. The van der Waals surface area contributed by atoms with Crippen LogP contribution < -0.4 is 5.32 Å². The molecule has 0 spiro atoms. The van der Waals surface area contributed by atoms with Gasteiger partial charge in [-0.1, -0.05) is 47.5 Å². The lowest BCUT2D eigenvalue weighted by Crippen LogP contribution is -2.41. The van der Waals surface area contributed by atoms with E-state index in [-0.39, 0.29) is 17.9 Å². The number of benzene rings is 2. The monoisotopic (exact) mass is 379 g/mol. The number of carbonyl (C=O) groups is 2. The highest BCUT2D eigenvalue weighted by molar-refractivity contribution is 6.42. The van der Waals surface area contributed by atoms with Gasteiger partial charge in [0, 0.05) is 6.42 Å². The van der Waals surface area contributed by atoms with Crippen molar-refractivity contribution in [2.75, 3.05) is 0 Å². The third kappa shape index (κ3) is 4.97. The second kappa shape index (κ2) is 7.89. The molecule has 0 aliphatic carbocycles. The van der Waals surface area contributed by atoms with Crippen LogP contribution in [0.3, 0.4) is 0 Å². The number of amides is 1. The van der Waals surface area contributed by atoms with Crippen LogP contribution in [0.15, 0.2) is 42.5 Å². The predicted octanol–water partition coefficient (Wildman–Crippen LogP) is 4.68. The van der Waals surface area contributed by atoms with Crippen molar-refractivity contribution in [1.82, 2.24) is 5.32 Å². The second-order valence-corrected chi connectivity index (χ2v) is 7.08. The summed E-state index contributed by atoms with van der Waals surface area (Å²) in [6.07, 6.45) is 0.542. The third-order valence-corrected chi connectivity index (χ3v) is 4.70. The van der Waals surface area contributed by atoms with E-state index in [1.807, 2.05) is 19.9 Å². The van der Waals surface area contributed by atoms with Gasteiger partial charge >= 0.3 is 5.97 Å². The number of carboxylic acid groups (broad SMARTS) is 1. The molecule has 0 aliphatic heterocycles. The number of halogens is 2.